The third-order valence-corrected chi connectivity index (χ3v) is 3.80. The summed E-state index contributed by atoms with van der Waals surface area (Å²) in [5.74, 6) is 0.434. The lowest BCUT2D eigenvalue weighted by Gasteiger charge is -2.08. The summed E-state index contributed by atoms with van der Waals surface area (Å²) in [5.41, 5.74) is 2.73. The molecule has 2 rings (SSSR count). The fraction of sp³-hybridized carbons (Fsp3) is 0.286. The summed E-state index contributed by atoms with van der Waals surface area (Å²) in [6.45, 7) is 2.93. The Labute approximate surface area is 159 Å². The minimum atomic E-state index is -0.341. The van der Waals surface area contributed by atoms with Crippen LogP contribution in [0.3, 0.4) is 0 Å². The molecule has 0 saturated heterocycles. The van der Waals surface area contributed by atoms with E-state index in [2.05, 4.69) is 10.6 Å². The van der Waals surface area contributed by atoms with Gasteiger partial charge in [0.15, 0.2) is 0 Å². The second-order valence-electron chi connectivity index (χ2n) is 6.12. The van der Waals surface area contributed by atoms with E-state index in [1.54, 1.807) is 18.2 Å². The maximum atomic E-state index is 11.9. The molecule has 0 bridgehead atoms. The summed E-state index contributed by atoms with van der Waals surface area (Å²) in [5, 5.41) is 14.0. The van der Waals surface area contributed by atoms with Crippen LogP contribution in [0.1, 0.15) is 30.4 Å². The lowest BCUT2D eigenvalue weighted by atomic mass is 10.2. The van der Waals surface area contributed by atoms with E-state index in [-0.39, 0.29) is 18.2 Å². The Balaban J connectivity index is 1.64. The number of benzene rings is 2. The van der Waals surface area contributed by atoms with Crippen molar-refractivity contribution in [2.45, 2.75) is 32.7 Å². The maximum Gasteiger partial charge on any atom is 0.238 e. The molecule has 0 aromatic heterocycles. The first-order valence-electron chi connectivity index (χ1n) is 8.79. The number of hydrogen-bond acceptors (Lipinski definition) is 4. The van der Waals surface area contributed by atoms with Gasteiger partial charge < -0.3 is 15.4 Å². The van der Waals surface area contributed by atoms with Crippen LogP contribution in [0, 0.1) is 18.3 Å². The van der Waals surface area contributed by atoms with Crippen molar-refractivity contribution >= 4 is 17.5 Å². The number of hydrogen-bond donors (Lipinski definition) is 2. The Morgan fingerprint density at radius 1 is 1.04 bits per heavy atom. The number of nitrogens with one attached hydrogen (secondary N) is 2. The Morgan fingerprint density at radius 3 is 2.41 bits per heavy atom. The Bertz CT molecular complexity index is 793. The van der Waals surface area contributed by atoms with Crippen LogP contribution in [0.4, 0.5) is 5.69 Å². The highest BCUT2D eigenvalue weighted by molar-refractivity contribution is 5.92. The number of anilines is 1. The molecule has 27 heavy (non-hydrogen) atoms. The first-order valence-corrected chi connectivity index (χ1v) is 8.79. The first kappa shape index (κ1) is 20.0. The van der Waals surface area contributed by atoms with Crippen molar-refractivity contribution in [3.05, 3.63) is 59.7 Å². The average molecular weight is 365 g/mol. The molecular weight excluding hydrogens is 342 g/mol. The third-order valence-electron chi connectivity index (χ3n) is 3.80. The molecule has 140 valence electrons. The summed E-state index contributed by atoms with van der Waals surface area (Å²) in [7, 11) is 0. The highest BCUT2D eigenvalue weighted by Gasteiger charge is 2.04. The lowest BCUT2D eigenvalue weighted by molar-refractivity contribution is -0.121. The van der Waals surface area contributed by atoms with Crippen molar-refractivity contribution in [2.75, 3.05) is 11.9 Å². The number of carbonyl (C=O) groups excluding carboxylic acids is 2. The van der Waals surface area contributed by atoms with Crippen LogP contribution in [0.15, 0.2) is 48.5 Å². The first-order chi connectivity index (χ1) is 13.1. The highest BCUT2D eigenvalue weighted by atomic mass is 16.5. The molecule has 0 spiro atoms. The zero-order valence-electron chi connectivity index (χ0n) is 15.3. The van der Waals surface area contributed by atoms with E-state index in [0.717, 1.165) is 11.3 Å². The van der Waals surface area contributed by atoms with Gasteiger partial charge in [0.2, 0.25) is 11.8 Å². The van der Waals surface area contributed by atoms with Crippen molar-refractivity contribution in [2.24, 2.45) is 0 Å². The van der Waals surface area contributed by atoms with Gasteiger partial charge in [-0.05, 0) is 43.2 Å². The average Bonchev–Trinajstić information content (AvgIpc) is 2.66. The molecule has 0 fully saturated rings. The molecule has 2 amide bonds. The van der Waals surface area contributed by atoms with Gasteiger partial charge in [-0.25, -0.2) is 0 Å². The highest BCUT2D eigenvalue weighted by Crippen LogP contribution is 2.12. The number of amides is 2. The van der Waals surface area contributed by atoms with Gasteiger partial charge in [0.05, 0.1) is 12.7 Å². The molecule has 0 aliphatic rings. The van der Waals surface area contributed by atoms with Gasteiger partial charge in [-0.15, -0.1) is 0 Å². The van der Waals surface area contributed by atoms with Gasteiger partial charge in [-0.1, -0.05) is 29.8 Å². The van der Waals surface area contributed by atoms with E-state index in [1.807, 2.05) is 43.3 Å². The predicted octanol–water partition coefficient (Wildman–Crippen LogP) is 3.32. The van der Waals surface area contributed by atoms with Crippen molar-refractivity contribution in [1.82, 2.24) is 5.32 Å². The number of ether oxygens (including phenoxy) is 1. The molecule has 2 N–H and O–H groups in total. The van der Waals surface area contributed by atoms with Crippen LogP contribution in [-0.2, 0) is 16.1 Å². The molecule has 0 saturated carbocycles. The number of nitrogens with zero attached hydrogens (tertiary/aromatic N) is 1. The Hall–Kier alpha value is -3.33. The van der Waals surface area contributed by atoms with Crippen LogP contribution in [-0.4, -0.2) is 18.4 Å². The molecule has 0 atom stereocenters. The van der Waals surface area contributed by atoms with Gasteiger partial charge in [-0.2, -0.15) is 5.26 Å². The lowest BCUT2D eigenvalue weighted by Crippen LogP contribution is -2.23. The zero-order chi connectivity index (χ0) is 19.5. The third kappa shape index (κ3) is 7.61. The summed E-state index contributed by atoms with van der Waals surface area (Å²) >= 11 is 0. The molecule has 0 aliphatic carbocycles. The zero-order valence-corrected chi connectivity index (χ0v) is 15.3. The smallest absolute Gasteiger partial charge is 0.238 e. The predicted molar refractivity (Wildman–Crippen MR) is 103 cm³/mol. The fourth-order valence-electron chi connectivity index (χ4n) is 2.33. The van der Waals surface area contributed by atoms with Crippen LogP contribution in [0.2, 0.25) is 0 Å². The summed E-state index contributed by atoms with van der Waals surface area (Å²) < 4.78 is 5.60. The van der Waals surface area contributed by atoms with Gasteiger partial charge in [0.25, 0.3) is 0 Å². The minimum absolute atomic E-state index is 0.0334. The van der Waals surface area contributed by atoms with Gasteiger partial charge in [0, 0.05) is 18.7 Å². The standard InChI is InChI=1S/C21H23N3O3/c1-16-4-10-19(11-5-16)27-14-2-3-20(25)23-15-17-6-8-18(9-7-17)24-21(26)12-13-22/h4-11H,2-3,12,14-15H2,1H3,(H,23,25)(H,24,26). The SMILES string of the molecule is Cc1ccc(OCCCC(=O)NCc2ccc(NC(=O)CC#N)cc2)cc1. The normalized spacial score (nSPS) is 9.93. The van der Waals surface area contributed by atoms with Crippen LogP contribution in [0.25, 0.3) is 0 Å². The van der Waals surface area contributed by atoms with E-state index in [1.165, 1.54) is 5.56 Å². The largest absolute Gasteiger partial charge is 0.494 e. The second-order valence-corrected chi connectivity index (χ2v) is 6.12. The molecule has 0 unspecified atom stereocenters. The summed E-state index contributed by atoms with van der Waals surface area (Å²) in [6, 6.07) is 16.7. The molecule has 6 heteroatoms. The van der Waals surface area contributed by atoms with Crippen molar-refractivity contribution < 1.29 is 14.3 Å². The molecule has 0 radical (unpaired) electrons. The number of carbonyl (C=O) groups is 2. The van der Waals surface area contributed by atoms with E-state index < -0.39 is 0 Å². The second kappa shape index (κ2) is 10.6. The molecule has 6 nitrogen and oxygen atoms in total. The van der Waals surface area contributed by atoms with E-state index in [4.69, 9.17) is 10.00 Å². The molecule has 0 aliphatic heterocycles. The maximum absolute atomic E-state index is 11.9. The van der Waals surface area contributed by atoms with Gasteiger partial charge in [-0.3, -0.25) is 9.59 Å². The fourth-order valence-corrected chi connectivity index (χ4v) is 2.33. The van der Waals surface area contributed by atoms with Crippen LogP contribution >= 0.6 is 0 Å². The van der Waals surface area contributed by atoms with Crippen molar-refractivity contribution in [3.8, 4) is 11.8 Å². The number of rotatable bonds is 9. The molecule has 2 aromatic carbocycles. The van der Waals surface area contributed by atoms with E-state index >= 15 is 0 Å². The monoisotopic (exact) mass is 365 g/mol. The summed E-state index contributed by atoms with van der Waals surface area (Å²) in [6.07, 6.45) is 0.864. The van der Waals surface area contributed by atoms with Crippen molar-refractivity contribution in [1.29, 1.82) is 5.26 Å². The van der Waals surface area contributed by atoms with E-state index in [0.29, 0.717) is 31.7 Å². The van der Waals surface area contributed by atoms with Crippen LogP contribution < -0.4 is 15.4 Å². The quantitative estimate of drug-likeness (QED) is 0.667. The number of nitriles is 1. The molecular formula is C21H23N3O3. The Morgan fingerprint density at radius 2 is 1.74 bits per heavy atom. The van der Waals surface area contributed by atoms with Gasteiger partial charge in [0.1, 0.15) is 12.2 Å². The minimum Gasteiger partial charge on any atom is -0.494 e. The van der Waals surface area contributed by atoms with Gasteiger partial charge >= 0.3 is 0 Å². The van der Waals surface area contributed by atoms with E-state index in [9.17, 15) is 9.59 Å². The van der Waals surface area contributed by atoms with Crippen LogP contribution in [0.5, 0.6) is 5.75 Å². The van der Waals surface area contributed by atoms with Crippen molar-refractivity contribution in [3.63, 3.8) is 0 Å². The number of aryl methyl sites for hydroxylation is 1. The summed E-state index contributed by atoms with van der Waals surface area (Å²) in [4.78, 5) is 23.2. The molecule has 2 aromatic rings. The topological polar surface area (TPSA) is 91.2 Å². The molecule has 0 heterocycles. The Kier molecular flexibility index (Phi) is 7.86.